The van der Waals surface area contributed by atoms with E-state index in [-0.39, 0.29) is 16.3 Å². The summed E-state index contributed by atoms with van der Waals surface area (Å²) in [6, 6.07) is 7.71. The third kappa shape index (κ3) is 3.51. The second-order valence-electron chi connectivity index (χ2n) is 9.46. The zero-order valence-corrected chi connectivity index (χ0v) is 18.8. The number of anilines is 1. The van der Waals surface area contributed by atoms with Crippen molar-refractivity contribution in [2.24, 2.45) is 5.41 Å². The molecule has 1 saturated heterocycles. The van der Waals surface area contributed by atoms with Crippen molar-refractivity contribution in [3.05, 3.63) is 63.4 Å². The molecule has 1 fully saturated rings. The van der Waals surface area contributed by atoms with E-state index in [9.17, 15) is 19.1 Å². The van der Waals surface area contributed by atoms with Gasteiger partial charge in [-0.25, -0.2) is 4.39 Å². The maximum Gasteiger partial charge on any atom is 0.321 e. The molecule has 0 radical (unpaired) electrons. The Morgan fingerprint density at radius 1 is 1.19 bits per heavy atom. The lowest BCUT2D eigenvalue weighted by Crippen LogP contribution is -2.49. The van der Waals surface area contributed by atoms with E-state index in [1.54, 1.807) is 18.2 Å². The van der Waals surface area contributed by atoms with Crippen molar-refractivity contribution in [1.29, 1.82) is 0 Å². The molecule has 2 heterocycles. The quantitative estimate of drug-likeness (QED) is 0.599. The first-order valence-corrected chi connectivity index (χ1v) is 10.8. The van der Waals surface area contributed by atoms with Crippen molar-refractivity contribution in [3.63, 3.8) is 0 Å². The van der Waals surface area contributed by atoms with Crippen LogP contribution >= 0.6 is 23.2 Å². The van der Waals surface area contributed by atoms with Crippen LogP contribution in [0, 0.1) is 11.2 Å². The number of amides is 1. The van der Waals surface area contributed by atoms with Gasteiger partial charge in [0.25, 0.3) is 0 Å². The smallest absolute Gasteiger partial charge is 0.321 e. The number of hydrogen-bond acceptors (Lipinski definition) is 3. The summed E-state index contributed by atoms with van der Waals surface area (Å²) in [5, 5.41) is 16.6. The summed E-state index contributed by atoms with van der Waals surface area (Å²) in [6.45, 7) is 6.11. The fraction of sp³-hybridized carbons (Fsp3) is 0.391. The van der Waals surface area contributed by atoms with E-state index in [1.807, 2.05) is 20.8 Å². The minimum Gasteiger partial charge on any atom is -0.480 e. The van der Waals surface area contributed by atoms with Crippen LogP contribution in [0.5, 0.6) is 0 Å². The maximum atomic E-state index is 13.9. The summed E-state index contributed by atoms with van der Waals surface area (Å²) >= 11 is 12.2. The van der Waals surface area contributed by atoms with Gasteiger partial charge in [0.1, 0.15) is 17.3 Å². The third-order valence-electron chi connectivity index (χ3n) is 6.19. The molecule has 0 aliphatic carbocycles. The molecule has 164 valence electrons. The van der Waals surface area contributed by atoms with Gasteiger partial charge in [0.2, 0.25) is 5.91 Å². The molecular formula is C23H23Cl2FN2O3. The molecule has 2 aromatic carbocycles. The second-order valence-corrected chi connectivity index (χ2v) is 10.3. The van der Waals surface area contributed by atoms with E-state index in [2.05, 4.69) is 10.6 Å². The number of carboxylic acid groups (broad SMARTS) is 1. The predicted octanol–water partition coefficient (Wildman–Crippen LogP) is 4.97. The van der Waals surface area contributed by atoms with E-state index < -0.39 is 35.2 Å². The molecule has 1 spiro atoms. The number of fused-ring (bicyclic) bond motifs is 2. The summed E-state index contributed by atoms with van der Waals surface area (Å²) in [5.74, 6) is -2.80. The van der Waals surface area contributed by atoms with Gasteiger partial charge in [0.15, 0.2) is 0 Å². The summed E-state index contributed by atoms with van der Waals surface area (Å²) in [6.07, 6.45) is 0.539. The van der Waals surface area contributed by atoms with Crippen LogP contribution < -0.4 is 10.6 Å². The molecule has 2 aliphatic heterocycles. The average Bonchev–Trinajstić information content (AvgIpc) is 3.12. The maximum absolute atomic E-state index is 13.9. The fourth-order valence-corrected chi connectivity index (χ4v) is 5.48. The normalized spacial score (nSPS) is 27.4. The van der Waals surface area contributed by atoms with Gasteiger partial charge < -0.3 is 10.4 Å². The van der Waals surface area contributed by atoms with Crippen molar-refractivity contribution in [3.8, 4) is 0 Å². The van der Waals surface area contributed by atoms with Gasteiger partial charge in [-0.05, 0) is 47.2 Å². The molecule has 2 aliphatic rings. The van der Waals surface area contributed by atoms with Crippen molar-refractivity contribution < 1.29 is 19.1 Å². The van der Waals surface area contributed by atoms with Gasteiger partial charge in [-0.3, -0.25) is 14.9 Å². The molecule has 0 aromatic heterocycles. The Balaban J connectivity index is 2.01. The summed E-state index contributed by atoms with van der Waals surface area (Å²) in [5.41, 5.74) is 0.302. The van der Waals surface area contributed by atoms with E-state index in [4.69, 9.17) is 23.2 Å². The van der Waals surface area contributed by atoms with Crippen LogP contribution in [0.4, 0.5) is 10.1 Å². The Labute approximate surface area is 189 Å². The first-order valence-electron chi connectivity index (χ1n) is 10.0. The Hall–Kier alpha value is -2.15. The van der Waals surface area contributed by atoms with Crippen molar-refractivity contribution in [2.75, 3.05) is 5.32 Å². The number of carbonyl (C=O) groups excluding carboxylic acids is 1. The largest absolute Gasteiger partial charge is 0.480 e. The van der Waals surface area contributed by atoms with Crippen molar-refractivity contribution in [1.82, 2.24) is 5.32 Å². The molecule has 8 heteroatoms. The molecule has 31 heavy (non-hydrogen) atoms. The number of rotatable bonds is 3. The van der Waals surface area contributed by atoms with E-state index in [0.29, 0.717) is 28.3 Å². The minimum absolute atomic E-state index is 0.120. The van der Waals surface area contributed by atoms with Crippen LogP contribution in [0.25, 0.3) is 0 Å². The lowest BCUT2D eigenvalue weighted by Gasteiger charge is -2.37. The Kier molecular flexibility index (Phi) is 5.31. The SMILES string of the molecule is CC(C)(C)C[C@H]1N[C@@H](C(=O)O)[C@H](c2ccc(F)c(Cl)c2)[C@@]12C(=O)Nc1cc(Cl)ccc12. The van der Waals surface area contributed by atoms with Gasteiger partial charge in [0.05, 0.1) is 5.02 Å². The molecule has 0 unspecified atom stereocenters. The predicted molar refractivity (Wildman–Crippen MR) is 118 cm³/mol. The zero-order chi connectivity index (χ0) is 22.7. The Morgan fingerprint density at radius 3 is 2.52 bits per heavy atom. The first-order chi connectivity index (χ1) is 14.4. The summed E-state index contributed by atoms with van der Waals surface area (Å²) in [7, 11) is 0. The molecule has 3 N–H and O–H groups in total. The van der Waals surface area contributed by atoms with Crippen LogP contribution in [0.2, 0.25) is 10.0 Å². The number of carbonyl (C=O) groups is 2. The third-order valence-corrected chi connectivity index (χ3v) is 6.72. The number of nitrogens with one attached hydrogen (secondary N) is 2. The van der Waals surface area contributed by atoms with Gasteiger partial charge in [-0.15, -0.1) is 0 Å². The van der Waals surface area contributed by atoms with Crippen LogP contribution in [-0.2, 0) is 15.0 Å². The summed E-state index contributed by atoms with van der Waals surface area (Å²) < 4.78 is 13.9. The number of benzene rings is 2. The molecule has 4 rings (SSSR count). The standard InChI is InChI=1S/C23H23Cl2FN2O3/c1-22(2,3)10-17-23(13-6-5-12(24)9-16(13)27-21(23)31)18(19(28-17)20(29)30)11-4-7-15(26)14(25)8-11/h4-9,17-19,28H,10H2,1-3H3,(H,27,31)(H,29,30)/t17-,18+,19-,23+/m1/s1. The van der Waals surface area contributed by atoms with Crippen molar-refractivity contribution >= 4 is 40.8 Å². The van der Waals surface area contributed by atoms with E-state index in [0.717, 1.165) is 0 Å². The number of halogens is 3. The number of aliphatic carboxylic acids is 1. The lowest BCUT2D eigenvalue weighted by molar-refractivity contribution is -0.139. The topological polar surface area (TPSA) is 78.4 Å². The zero-order valence-electron chi connectivity index (χ0n) is 17.3. The molecule has 4 atom stereocenters. The molecular weight excluding hydrogens is 442 g/mol. The average molecular weight is 465 g/mol. The van der Waals surface area contributed by atoms with Gasteiger partial charge in [-0.2, -0.15) is 0 Å². The molecule has 1 amide bonds. The first kappa shape index (κ1) is 22.1. The summed E-state index contributed by atoms with van der Waals surface area (Å²) in [4.78, 5) is 26.0. The monoisotopic (exact) mass is 464 g/mol. The number of hydrogen-bond donors (Lipinski definition) is 3. The van der Waals surface area contributed by atoms with Gasteiger partial charge in [-0.1, -0.05) is 56.1 Å². The molecule has 0 bridgehead atoms. The van der Waals surface area contributed by atoms with Crippen LogP contribution in [0.1, 0.15) is 44.2 Å². The highest BCUT2D eigenvalue weighted by Gasteiger charge is 2.65. The lowest BCUT2D eigenvalue weighted by atomic mass is 9.62. The second kappa shape index (κ2) is 7.47. The Bertz CT molecular complexity index is 1080. The highest BCUT2D eigenvalue weighted by atomic mass is 35.5. The minimum atomic E-state index is -1.22. The number of carboxylic acids is 1. The van der Waals surface area contributed by atoms with Crippen molar-refractivity contribution in [2.45, 2.75) is 50.6 Å². The molecule has 5 nitrogen and oxygen atoms in total. The van der Waals surface area contributed by atoms with Crippen LogP contribution in [0.15, 0.2) is 36.4 Å². The van der Waals surface area contributed by atoms with Crippen LogP contribution in [0.3, 0.4) is 0 Å². The van der Waals surface area contributed by atoms with E-state index >= 15 is 0 Å². The highest BCUT2D eigenvalue weighted by molar-refractivity contribution is 6.31. The Morgan fingerprint density at radius 2 is 1.90 bits per heavy atom. The van der Waals surface area contributed by atoms with Crippen LogP contribution in [-0.4, -0.2) is 29.1 Å². The molecule has 2 aromatic rings. The fourth-order valence-electron chi connectivity index (χ4n) is 5.11. The van der Waals surface area contributed by atoms with E-state index in [1.165, 1.54) is 18.2 Å². The van der Waals surface area contributed by atoms with Gasteiger partial charge >= 0.3 is 5.97 Å². The molecule has 0 saturated carbocycles. The van der Waals surface area contributed by atoms with Gasteiger partial charge in [0, 0.05) is 22.7 Å². The highest BCUT2D eigenvalue weighted by Crippen LogP contribution is 2.56.